The molecule has 1 atom stereocenters. The second-order valence-electron chi connectivity index (χ2n) is 5.45. The molecule has 1 unspecified atom stereocenters. The normalized spacial score (nSPS) is 16.7. The summed E-state index contributed by atoms with van der Waals surface area (Å²) in [6, 6.07) is 7.96. The number of pyridine rings is 2. The highest BCUT2D eigenvalue weighted by atomic mass is 35.5. The molecule has 2 aromatic rings. The van der Waals surface area contributed by atoms with Gasteiger partial charge in [0.25, 0.3) is 0 Å². The van der Waals surface area contributed by atoms with Gasteiger partial charge >= 0.3 is 0 Å². The van der Waals surface area contributed by atoms with Gasteiger partial charge in [0.2, 0.25) is 5.91 Å². The Balaban J connectivity index is 0.00000144. The van der Waals surface area contributed by atoms with Gasteiger partial charge in [-0.15, -0.1) is 24.8 Å². The Morgan fingerprint density at radius 3 is 2.67 bits per heavy atom. The zero-order chi connectivity index (χ0) is 15.2. The molecule has 7 heteroatoms. The summed E-state index contributed by atoms with van der Waals surface area (Å²) in [5.41, 5.74) is 2.24. The van der Waals surface area contributed by atoms with E-state index in [-0.39, 0.29) is 36.8 Å². The number of amides is 1. The van der Waals surface area contributed by atoms with Gasteiger partial charge in [0.1, 0.15) is 0 Å². The summed E-state index contributed by atoms with van der Waals surface area (Å²) >= 11 is 0. The number of aromatic nitrogens is 2. The Bertz CT molecular complexity index is 613. The number of nitrogens with zero attached hydrogens (tertiary/aromatic N) is 3. The first-order valence-corrected chi connectivity index (χ1v) is 7.63. The molecule has 0 spiro atoms. The highest BCUT2D eigenvalue weighted by Gasteiger charge is 2.27. The number of carbonyl (C=O) groups excluding carboxylic acids is 1. The van der Waals surface area contributed by atoms with E-state index in [0.717, 1.165) is 37.2 Å². The Morgan fingerprint density at radius 1 is 1.17 bits per heavy atom. The molecule has 2 aromatic heterocycles. The molecule has 1 saturated heterocycles. The fourth-order valence-electron chi connectivity index (χ4n) is 2.82. The van der Waals surface area contributed by atoms with E-state index < -0.39 is 0 Å². The van der Waals surface area contributed by atoms with E-state index in [0.29, 0.717) is 6.42 Å². The van der Waals surface area contributed by atoms with Gasteiger partial charge < -0.3 is 10.2 Å². The number of hydrogen-bond acceptors (Lipinski definition) is 4. The van der Waals surface area contributed by atoms with E-state index in [1.165, 1.54) is 0 Å². The quantitative estimate of drug-likeness (QED) is 0.900. The fourth-order valence-corrected chi connectivity index (χ4v) is 2.82. The summed E-state index contributed by atoms with van der Waals surface area (Å²) in [7, 11) is 0. The van der Waals surface area contributed by atoms with Crippen LogP contribution < -0.4 is 5.32 Å². The second kappa shape index (κ2) is 10.2. The first-order valence-electron chi connectivity index (χ1n) is 7.63. The maximum absolute atomic E-state index is 12.6. The van der Waals surface area contributed by atoms with Crippen molar-refractivity contribution in [2.75, 3.05) is 19.6 Å². The molecule has 1 aliphatic heterocycles. The molecule has 0 saturated carbocycles. The Morgan fingerprint density at radius 2 is 1.96 bits per heavy atom. The first-order chi connectivity index (χ1) is 10.8. The smallest absolute Gasteiger partial charge is 0.223 e. The van der Waals surface area contributed by atoms with Crippen molar-refractivity contribution in [1.29, 1.82) is 0 Å². The summed E-state index contributed by atoms with van der Waals surface area (Å²) in [5.74, 6) is 0.201. The molecular formula is C17H22Cl2N4O. The van der Waals surface area contributed by atoms with Gasteiger partial charge in [-0.1, -0.05) is 6.07 Å². The van der Waals surface area contributed by atoms with Crippen LogP contribution in [-0.2, 0) is 11.2 Å². The molecule has 130 valence electrons. The molecule has 1 aliphatic rings. The zero-order valence-electron chi connectivity index (χ0n) is 13.3. The lowest BCUT2D eigenvalue weighted by molar-refractivity contribution is -0.134. The number of halogens is 2. The van der Waals surface area contributed by atoms with E-state index >= 15 is 0 Å². The van der Waals surface area contributed by atoms with Crippen LogP contribution in [0.1, 0.15) is 23.6 Å². The average molecular weight is 369 g/mol. The van der Waals surface area contributed by atoms with Crippen molar-refractivity contribution in [2.24, 2.45) is 0 Å². The van der Waals surface area contributed by atoms with E-state index in [1.54, 1.807) is 18.6 Å². The minimum Gasteiger partial charge on any atom is -0.333 e. The van der Waals surface area contributed by atoms with E-state index in [9.17, 15) is 4.79 Å². The lowest BCUT2D eigenvalue weighted by Gasteiger charge is -2.36. The molecule has 3 heterocycles. The van der Waals surface area contributed by atoms with Gasteiger partial charge in [0.15, 0.2) is 0 Å². The fraction of sp³-hybridized carbons (Fsp3) is 0.353. The van der Waals surface area contributed by atoms with Crippen LogP contribution in [0.15, 0.2) is 49.1 Å². The average Bonchev–Trinajstić information content (AvgIpc) is 2.61. The number of aryl methyl sites for hydroxylation is 1. The molecule has 1 amide bonds. The lowest BCUT2D eigenvalue weighted by atomic mass is 10.0. The van der Waals surface area contributed by atoms with Crippen LogP contribution in [0.3, 0.4) is 0 Å². The number of rotatable bonds is 4. The number of hydrogen-bond donors (Lipinski definition) is 1. The molecule has 1 N–H and O–H groups in total. The molecule has 0 radical (unpaired) electrons. The molecule has 3 rings (SSSR count). The van der Waals surface area contributed by atoms with Gasteiger partial charge in [-0.25, -0.2) is 0 Å². The van der Waals surface area contributed by atoms with Crippen LogP contribution >= 0.6 is 24.8 Å². The summed E-state index contributed by atoms with van der Waals surface area (Å²) in [6.45, 7) is 2.37. The Labute approximate surface area is 154 Å². The monoisotopic (exact) mass is 368 g/mol. The van der Waals surface area contributed by atoms with Crippen LogP contribution in [0.2, 0.25) is 0 Å². The lowest BCUT2D eigenvalue weighted by Crippen LogP contribution is -2.48. The SMILES string of the molecule is Cl.Cl.O=C(CCc1ccncc1)N1CCNCC1c1cccnc1. The van der Waals surface area contributed by atoms with Crippen molar-refractivity contribution < 1.29 is 4.79 Å². The van der Waals surface area contributed by atoms with Gasteiger partial charge in [-0.05, 0) is 35.7 Å². The number of piperazine rings is 1. The highest BCUT2D eigenvalue weighted by Crippen LogP contribution is 2.22. The van der Waals surface area contributed by atoms with Crippen molar-refractivity contribution in [3.8, 4) is 0 Å². The van der Waals surface area contributed by atoms with Crippen molar-refractivity contribution in [3.05, 3.63) is 60.2 Å². The predicted octanol–water partition coefficient (Wildman–Crippen LogP) is 2.43. The van der Waals surface area contributed by atoms with Gasteiger partial charge in [-0.2, -0.15) is 0 Å². The standard InChI is InChI=1S/C17H20N4O.2ClH/c22-17(4-3-14-5-8-18-9-6-14)21-11-10-20-13-16(21)15-2-1-7-19-12-15;;/h1-2,5-9,12,16,20H,3-4,10-11,13H2;2*1H. The third-order valence-corrected chi connectivity index (χ3v) is 4.01. The molecule has 0 aromatic carbocycles. The van der Waals surface area contributed by atoms with Crippen molar-refractivity contribution in [2.45, 2.75) is 18.9 Å². The van der Waals surface area contributed by atoms with Crippen LogP contribution in [0.4, 0.5) is 0 Å². The molecule has 1 fully saturated rings. The maximum atomic E-state index is 12.6. The maximum Gasteiger partial charge on any atom is 0.223 e. The van der Waals surface area contributed by atoms with Crippen molar-refractivity contribution >= 4 is 30.7 Å². The van der Waals surface area contributed by atoms with Gasteiger partial charge in [-0.3, -0.25) is 14.8 Å². The third-order valence-electron chi connectivity index (χ3n) is 4.01. The first kappa shape index (κ1) is 20.4. The zero-order valence-corrected chi connectivity index (χ0v) is 14.9. The second-order valence-corrected chi connectivity index (χ2v) is 5.45. The molecule has 0 aliphatic carbocycles. The van der Waals surface area contributed by atoms with E-state index in [2.05, 4.69) is 15.3 Å². The van der Waals surface area contributed by atoms with Gasteiger partial charge in [0, 0.05) is 50.8 Å². The summed E-state index contributed by atoms with van der Waals surface area (Å²) < 4.78 is 0. The predicted molar refractivity (Wildman–Crippen MR) is 98.6 cm³/mol. The van der Waals surface area contributed by atoms with Gasteiger partial charge in [0.05, 0.1) is 6.04 Å². The van der Waals surface area contributed by atoms with Crippen LogP contribution in [0.5, 0.6) is 0 Å². The highest BCUT2D eigenvalue weighted by molar-refractivity contribution is 5.85. The Kier molecular flexibility index (Phi) is 8.68. The topological polar surface area (TPSA) is 58.1 Å². The molecular weight excluding hydrogens is 347 g/mol. The van der Waals surface area contributed by atoms with E-state index in [1.807, 2.05) is 35.4 Å². The Hall–Kier alpha value is -1.69. The van der Waals surface area contributed by atoms with Crippen molar-refractivity contribution in [3.63, 3.8) is 0 Å². The number of carbonyl (C=O) groups is 1. The van der Waals surface area contributed by atoms with Crippen LogP contribution in [0, 0.1) is 0 Å². The molecule has 24 heavy (non-hydrogen) atoms. The minimum absolute atomic E-state index is 0. The summed E-state index contributed by atoms with van der Waals surface area (Å²) in [5, 5.41) is 3.36. The minimum atomic E-state index is 0. The van der Waals surface area contributed by atoms with Crippen LogP contribution in [-0.4, -0.2) is 40.4 Å². The molecule has 5 nitrogen and oxygen atoms in total. The summed E-state index contributed by atoms with van der Waals surface area (Å²) in [4.78, 5) is 22.8. The van der Waals surface area contributed by atoms with Crippen molar-refractivity contribution in [1.82, 2.24) is 20.2 Å². The largest absolute Gasteiger partial charge is 0.333 e. The van der Waals surface area contributed by atoms with E-state index in [4.69, 9.17) is 0 Å². The number of nitrogens with one attached hydrogen (secondary N) is 1. The summed E-state index contributed by atoms with van der Waals surface area (Å²) in [6.07, 6.45) is 8.42. The third kappa shape index (κ3) is 5.16. The van der Waals surface area contributed by atoms with Crippen LogP contribution in [0.25, 0.3) is 0 Å². The molecule has 0 bridgehead atoms.